The predicted octanol–water partition coefficient (Wildman–Crippen LogP) is 8.69. The monoisotopic (exact) mass is 649 g/mol. The van der Waals surface area contributed by atoms with E-state index in [0.29, 0.717) is 36.4 Å². The minimum atomic E-state index is -4.77. The molecule has 0 aliphatic heterocycles. The van der Waals surface area contributed by atoms with Crippen molar-refractivity contribution in [3.8, 4) is 22.3 Å². The van der Waals surface area contributed by atoms with E-state index >= 15 is 0 Å². The lowest BCUT2D eigenvalue weighted by Gasteiger charge is -2.20. The molecule has 1 saturated carbocycles. The van der Waals surface area contributed by atoms with Gasteiger partial charge >= 0.3 is 12.1 Å². The van der Waals surface area contributed by atoms with Crippen LogP contribution in [0.25, 0.3) is 33.2 Å². The molecule has 0 bridgehead atoms. The first-order valence-corrected chi connectivity index (χ1v) is 15.2. The molecule has 48 heavy (non-hydrogen) atoms. The van der Waals surface area contributed by atoms with Gasteiger partial charge < -0.3 is 10.4 Å². The van der Waals surface area contributed by atoms with Crippen molar-refractivity contribution < 1.29 is 32.3 Å². The molecule has 0 spiro atoms. The van der Waals surface area contributed by atoms with Crippen LogP contribution in [0, 0.1) is 5.82 Å². The minimum absolute atomic E-state index is 0.0343. The number of benzene rings is 5. The molecular formula is C38H27F4N3O3. The van der Waals surface area contributed by atoms with Crippen LogP contribution in [-0.4, -0.2) is 26.8 Å². The van der Waals surface area contributed by atoms with Gasteiger partial charge in [0.05, 0.1) is 40.5 Å². The van der Waals surface area contributed by atoms with Crippen LogP contribution in [0.5, 0.6) is 0 Å². The summed E-state index contributed by atoms with van der Waals surface area (Å²) in [5, 5.41) is 17.4. The molecule has 5 aromatic carbocycles. The summed E-state index contributed by atoms with van der Waals surface area (Å²) < 4.78 is 56.9. The highest BCUT2D eigenvalue weighted by Crippen LogP contribution is 2.46. The minimum Gasteiger partial charge on any atom is -0.478 e. The summed E-state index contributed by atoms with van der Waals surface area (Å²) in [6, 6.07) is 29.5. The van der Waals surface area contributed by atoms with Gasteiger partial charge in [0.15, 0.2) is 0 Å². The van der Waals surface area contributed by atoms with E-state index in [1.165, 1.54) is 24.4 Å². The number of fused-ring (bicyclic) bond motifs is 1. The van der Waals surface area contributed by atoms with Gasteiger partial charge in [-0.1, -0.05) is 66.7 Å². The Hall–Kier alpha value is -5.77. The van der Waals surface area contributed by atoms with E-state index in [-0.39, 0.29) is 22.3 Å². The molecule has 6 nitrogen and oxygen atoms in total. The number of amides is 1. The molecule has 10 heteroatoms. The van der Waals surface area contributed by atoms with Gasteiger partial charge in [-0.05, 0) is 88.7 Å². The quantitative estimate of drug-likeness (QED) is 0.162. The van der Waals surface area contributed by atoms with Crippen LogP contribution in [0.15, 0.2) is 115 Å². The number of hydrogen-bond acceptors (Lipinski definition) is 3. The maximum absolute atomic E-state index is 14.5. The Labute approximate surface area is 272 Å². The lowest BCUT2D eigenvalue weighted by molar-refractivity contribution is -0.137. The Bertz CT molecular complexity index is 2170. The molecule has 1 aromatic heterocycles. The topological polar surface area (TPSA) is 84.2 Å². The Morgan fingerprint density at radius 2 is 1.48 bits per heavy atom. The van der Waals surface area contributed by atoms with Gasteiger partial charge in [0.1, 0.15) is 5.82 Å². The second kappa shape index (κ2) is 11.8. The number of aromatic nitrogens is 2. The zero-order valence-electron chi connectivity index (χ0n) is 25.3. The number of carbonyl (C=O) groups is 2. The van der Waals surface area contributed by atoms with E-state index in [9.17, 15) is 32.3 Å². The maximum atomic E-state index is 14.5. The third kappa shape index (κ3) is 6.04. The summed E-state index contributed by atoms with van der Waals surface area (Å²) in [5.74, 6) is -2.61. The number of carboxylic acids is 1. The molecule has 1 amide bonds. The molecule has 0 saturated heterocycles. The van der Waals surface area contributed by atoms with Crippen LogP contribution >= 0.6 is 0 Å². The van der Waals surface area contributed by atoms with Crippen LogP contribution < -0.4 is 5.32 Å². The average molecular weight is 650 g/mol. The van der Waals surface area contributed by atoms with Crippen molar-refractivity contribution in [2.45, 2.75) is 31.1 Å². The van der Waals surface area contributed by atoms with Gasteiger partial charge in [-0.2, -0.15) is 18.3 Å². The molecule has 1 fully saturated rings. The number of nitrogens with one attached hydrogen (secondary N) is 1. The van der Waals surface area contributed by atoms with E-state index in [1.807, 2.05) is 54.6 Å². The maximum Gasteiger partial charge on any atom is 0.416 e. The third-order valence-corrected chi connectivity index (χ3v) is 8.72. The first-order chi connectivity index (χ1) is 23.0. The molecular weight excluding hydrogens is 622 g/mol. The molecule has 2 N–H and O–H groups in total. The number of carbonyl (C=O) groups excluding carboxylic acids is 1. The summed E-state index contributed by atoms with van der Waals surface area (Å²) in [4.78, 5) is 25.5. The van der Waals surface area contributed by atoms with Crippen molar-refractivity contribution in [1.29, 1.82) is 0 Å². The van der Waals surface area contributed by atoms with E-state index in [0.717, 1.165) is 34.4 Å². The van der Waals surface area contributed by atoms with Crippen molar-refractivity contribution >= 4 is 22.8 Å². The van der Waals surface area contributed by atoms with Crippen LogP contribution in [0.4, 0.5) is 17.6 Å². The van der Waals surface area contributed by atoms with Crippen molar-refractivity contribution in [3.05, 3.63) is 149 Å². The van der Waals surface area contributed by atoms with E-state index in [2.05, 4.69) is 10.4 Å². The average Bonchev–Trinajstić information content (AvgIpc) is 3.75. The lowest BCUT2D eigenvalue weighted by Crippen LogP contribution is -2.35. The SMILES string of the molecule is O=C(O)c1ccc(C2(NC(=O)c3cc(-c4cc(F)cc(C(F)(F)F)c4)cc4cnn(Cc5ccc(-c6ccccc6)cc5)c34)CC2)cc1. The van der Waals surface area contributed by atoms with Gasteiger partial charge in [0.25, 0.3) is 5.91 Å². The van der Waals surface area contributed by atoms with E-state index in [4.69, 9.17) is 0 Å². The zero-order chi connectivity index (χ0) is 33.6. The fourth-order valence-electron chi connectivity index (χ4n) is 6.05. The molecule has 0 radical (unpaired) electrons. The number of hydrogen-bond donors (Lipinski definition) is 2. The van der Waals surface area contributed by atoms with Crippen LogP contribution in [0.2, 0.25) is 0 Å². The standard InChI is InChI=1S/C38H27F4N3O3/c39-32-18-28(17-31(20-32)38(40,41)42)27-16-29-21-43-45(22-23-6-8-25(9-7-23)24-4-2-1-3-5-24)34(29)33(19-27)35(46)44-37(14-15-37)30-12-10-26(11-13-30)36(47)48/h1-13,16-21H,14-15,22H2,(H,44,46)(H,47,48). The van der Waals surface area contributed by atoms with Gasteiger partial charge in [0, 0.05) is 5.39 Å². The number of carboxylic acid groups (broad SMARTS) is 1. The van der Waals surface area contributed by atoms with E-state index < -0.39 is 35.0 Å². The largest absolute Gasteiger partial charge is 0.478 e. The Kier molecular flexibility index (Phi) is 7.58. The number of rotatable bonds is 8. The molecule has 6 aromatic rings. The Morgan fingerprint density at radius 1 is 0.812 bits per heavy atom. The highest BCUT2D eigenvalue weighted by atomic mass is 19.4. The molecule has 240 valence electrons. The van der Waals surface area contributed by atoms with Crippen LogP contribution in [-0.2, 0) is 18.3 Å². The summed E-state index contributed by atoms with van der Waals surface area (Å²) in [7, 11) is 0. The zero-order valence-corrected chi connectivity index (χ0v) is 25.3. The molecule has 7 rings (SSSR count). The second-order valence-electron chi connectivity index (χ2n) is 12.0. The van der Waals surface area contributed by atoms with Crippen molar-refractivity contribution in [2.75, 3.05) is 0 Å². The van der Waals surface area contributed by atoms with Gasteiger partial charge in [-0.15, -0.1) is 0 Å². The lowest BCUT2D eigenvalue weighted by atomic mass is 9.97. The normalized spacial score (nSPS) is 13.8. The molecule has 0 atom stereocenters. The predicted molar refractivity (Wildman–Crippen MR) is 173 cm³/mol. The summed E-state index contributed by atoms with van der Waals surface area (Å²) >= 11 is 0. The van der Waals surface area contributed by atoms with Crippen molar-refractivity contribution in [3.63, 3.8) is 0 Å². The molecule has 1 aliphatic rings. The fraction of sp³-hybridized carbons (Fsp3) is 0.132. The Morgan fingerprint density at radius 3 is 2.12 bits per heavy atom. The number of nitrogens with zero attached hydrogens (tertiary/aromatic N) is 2. The first-order valence-electron chi connectivity index (χ1n) is 15.2. The number of halogens is 4. The van der Waals surface area contributed by atoms with Gasteiger partial charge in [-0.3, -0.25) is 9.48 Å². The van der Waals surface area contributed by atoms with Crippen molar-refractivity contribution in [1.82, 2.24) is 15.1 Å². The first kappa shape index (κ1) is 30.9. The Balaban J connectivity index is 1.29. The van der Waals surface area contributed by atoms with Gasteiger partial charge in [-0.25, -0.2) is 9.18 Å². The van der Waals surface area contributed by atoms with Gasteiger partial charge in [0.2, 0.25) is 0 Å². The summed E-state index contributed by atoms with van der Waals surface area (Å²) in [6.07, 6.45) is -2.01. The second-order valence-corrected chi connectivity index (χ2v) is 12.0. The molecule has 0 unspecified atom stereocenters. The van der Waals surface area contributed by atoms with Crippen LogP contribution in [0.1, 0.15) is 50.2 Å². The number of aromatic carboxylic acids is 1. The summed E-state index contributed by atoms with van der Waals surface area (Å²) in [5.41, 5.74) is 2.80. The molecule has 1 aliphatic carbocycles. The highest BCUT2D eigenvalue weighted by molar-refractivity contribution is 6.08. The van der Waals surface area contributed by atoms with E-state index in [1.54, 1.807) is 22.9 Å². The number of alkyl halides is 3. The smallest absolute Gasteiger partial charge is 0.416 e. The molecule has 1 heterocycles. The highest BCUT2D eigenvalue weighted by Gasteiger charge is 2.46. The third-order valence-electron chi connectivity index (χ3n) is 8.72. The summed E-state index contributed by atoms with van der Waals surface area (Å²) in [6.45, 7) is 0.304. The van der Waals surface area contributed by atoms with Crippen LogP contribution in [0.3, 0.4) is 0 Å². The van der Waals surface area contributed by atoms with Crippen molar-refractivity contribution in [2.24, 2.45) is 0 Å². The fourth-order valence-corrected chi connectivity index (χ4v) is 6.05.